The Bertz CT molecular complexity index is 1150. The van der Waals surface area contributed by atoms with Crippen molar-refractivity contribution in [2.75, 3.05) is 25.4 Å². The number of carbonyl (C=O) groups excluding carboxylic acids is 4. The Labute approximate surface area is 244 Å². The van der Waals surface area contributed by atoms with Crippen LogP contribution in [0, 0.1) is 0 Å². The summed E-state index contributed by atoms with van der Waals surface area (Å²) in [4.78, 5) is 61.4. The predicted molar refractivity (Wildman–Crippen MR) is 160 cm³/mol. The molecule has 3 saturated heterocycles. The van der Waals surface area contributed by atoms with E-state index in [4.69, 9.17) is 9.16 Å². The standard InChI is InChI=1S/C27H44N4O6SSi2/c1-27(2,3)36-26(35)29-12-11-19(15-29)30-13-10-17(22(30)32)14-18-16-38-24-20(28-39(4,5)6)23(33)31(24)21(18)25(34)37-40(7,8)9/h14,19-20,24,28H,10-13,15-16H2,1-9H3/b17-14+/t19-,20-,24-/m1/s1. The quantitative estimate of drug-likeness (QED) is 0.277. The highest BCUT2D eigenvalue weighted by Crippen LogP contribution is 2.42. The van der Waals surface area contributed by atoms with Crippen molar-refractivity contribution in [2.24, 2.45) is 0 Å². The minimum absolute atomic E-state index is 0.0771. The molecule has 0 saturated carbocycles. The minimum Gasteiger partial charge on any atom is -0.515 e. The third-order valence-corrected chi connectivity index (χ3v) is 10.2. The van der Waals surface area contributed by atoms with Gasteiger partial charge in [0.25, 0.3) is 0 Å². The maximum absolute atomic E-state index is 13.5. The van der Waals surface area contributed by atoms with Crippen molar-refractivity contribution in [1.29, 1.82) is 0 Å². The van der Waals surface area contributed by atoms with Gasteiger partial charge >= 0.3 is 12.1 Å². The van der Waals surface area contributed by atoms with Crippen LogP contribution in [0.2, 0.25) is 39.3 Å². The van der Waals surface area contributed by atoms with Gasteiger partial charge in [0, 0.05) is 31.0 Å². The van der Waals surface area contributed by atoms with Crippen LogP contribution in [-0.2, 0) is 23.5 Å². The van der Waals surface area contributed by atoms with Gasteiger partial charge in [0.15, 0.2) is 0 Å². The molecule has 3 amide bonds. The Morgan fingerprint density at radius 3 is 2.35 bits per heavy atom. The van der Waals surface area contributed by atoms with Crippen LogP contribution in [0.4, 0.5) is 4.79 Å². The average molecular weight is 609 g/mol. The largest absolute Gasteiger partial charge is 0.515 e. The topological polar surface area (TPSA) is 108 Å². The maximum Gasteiger partial charge on any atom is 0.410 e. The summed E-state index contributed by atoms with van der Waals surface area (Å²) in [6.07, 6.45) is 2.69. The zero-order valence-electron chi connectivity index (χ0n) is 25.3. The number of ether oxygens (including phenoxy) is 1. The first-order chi connectivity index (χ1) is 18.3. The predicted octanol–water partition coefficient (Wildman–Crippen LogP) is 3.49. The zero-order valence-corrected chi connectivity index (χ0v) is 28.1. The molecule has 0 radical (unpaired) electrons. The van der Waals surface area contributed by atoms with Crippen molar-refractivity contribution < 1.29 is 28.3 Å². The fourth-order valence-corrected chi connectivity index (χ4v) is 8.64. The van der Waals surface area contributed by atoms with E-state index < -0.39 is 28.1 Å². The van der Waals surface area contributed by atoms with Gasteiger partial charge in [0.2, 0.25) is 20.1 Å². The van der Waals surface area contributed by atoms with Crippen molar-refractivity contribution in [3.05, 3.63) is 22.9 Å². The number of β-lactam (4-membered cyclic amide) rings is 1. The van der Waals surface area contributed by atoms with Gasteiger partial charge in [-0.15, -0.1) is 11.8 Å². The molecule has 10 nitrogen and oxygen atoms in total. The highest BCUT2D eigenvalue weighted by molar-refractivity contribution is 8.00. The highest BCUT2D eigenvalue weighted by Gasteiger charge is 2.54. The van der Waals surface area contributed by atoms with E-state index >= 15 is 0 Å². The highest BCUT2D eigenvalue weighted by atomic mass is 32.2. The Kier molecular flexibility index (Phi) is 8.45. The number of nitrogens with one attached hydrogen (secondary N) is 1. The molecule has 0 aromatic carbocycles. The van der Waals surface area contributed by atoms with Gasteiger partial charge in [-0.25, -0.2) is 9.59 Å². The average Bonchev–Trinajstić information content (AvgIpc) is 3.41. The van der Waals surface area contributed by atoms with E-state index in [-0.39, 0.29) is 41.1 Å². The van der Waals surface area contributed by atoms with Gasteiger partial charge in [-0.3, -0.25) is 14.5 Å². The molecule has 4 aliphatic heterocycles. The van der Waals surface area contributed by atoms with E-state index in [1.807, 2.05) is 45.3 Å². The maximum atomic E-state index is 13.5. The summed E-state index contributed by atoms with van der Waals surface area (Å²) in [6, 6.07) is -0.397. The van der Waals surface area contributed by atoms with Gasteiger partial charge in [-0.2, -0.15) is 0 Å². The normalized spacial score (nSPS) is 26.9. The number of carbonyl (C=O) groups is 4. The summed E-state index contributed by atoms with van der Waals surface area (Å²) in [5, 5.41) is -0.168. The molecule has 0 aromatic rings. The summed E-state index contributed by atoms with van der Waals surface area (Å²) >= 11 is 1.61. The summed E-state index contributed by atoms with van der Waals surface area (Å²) < 4.78 is 11.4. The first-order valence-electron chi connectivity index (χ1n) is 14.0. The van der Waals surface area contributed by atoms with E-state index in [1.54, 1.807) is 27.6 Å². The Balaban J connectivity index is 1.54. The number of fused-ring (bicyclic) bond motifs is 1. The van der Waals surface area contributed by atoms with E-state index in [0.717, 1.165) is 0 Å². The van der Waals surface area contributed by atoms with Crippen LogP contribution < -0.4 is 4.98 Å². The third kappa shape index (κ3) is 6.85. The lowest BCUT2D eigenvalue weighted by atomic mass is 10.0. The molecule has 4 rings (SSSR count). The molecule has 4 heterocycles. The van der Waals surface area contributed by atoms with Crippen molar-refractivity contribution in [1.82, 2.24) is 19.7 Å². The molecule has 0 aliphatic carbocycles. The molecule has 3 fully saturated rings. The van der Waals surface area contributed by atoms with E-state index in [9.17, 15) is 19.2 Å². The van der Waals surface area contributed by atoms with E-state index in [1.165, 1.54) is 0 Å². The molecule has 0 spiro atoms. The summed E-state index contributed by atoms with van der Waals surface area (Å²) in [5.41, 5.74) is 0.987. The number of allylic oxidation sites excluding steroid dienone is 1. The van der Waals surface area contributed by atoms with Crippen LogP contribution in [0.5, 0.6) is 0 Å². The molecule has 0 bridgehead atoms. The second-order valence-corrected chi connectivity index (χ2v) is 24.3. The SMILES string of the molecule is CC(C)(C)OC(=O)N1CC[C@@H](N2CC/C(=C\C3=C(C(=O)O[Si](C)(C)C)N4C(=O)[C@@H](N[Si](C)(C)C)[C@H]4SC3)C2=O)C1. The minimum atomic E-state index is -2.23. The number of likely N-dealkylation sites (tertiary alicyclic amines) is 2. The lowest BCUT2D eigenvalue weighted by Crippen LogP contribution is -2.73. The third-order valence-electron chi connectivity index (χ3n) is 6.94. The number of thioether (sulfide) groups is 1. The summed E-state index contributed by atoms with van der Waals surface area (Å²) in [5.74, 6) is -0.171. The first-order valence-corrected chi connectivity index (χ1v) is 22.0. The lowest BCUT2D eigenvalue weighted by molar-refractivity contribution is -0.147. The first kappa shape index (κ1) is 30.9. The van der Waals surface area contributed by atoms with Crippen LogP contribution in [0.15, 0.2) is 22.9 Å². The molecular weight excluding hydrogens is 565 g/mol. The van der Waals surface area contributed by atoms with Crippen LogP contribution in [-0.4, -0.2) is 104 Å². The number of hydrogen-bond acceptors (Lipinski definition) is 8. The summed E-state index contributed by atoms with van der Waals surface area (Å²) in [6.45, 7) is 19.3. The van der Waals surface area contributed by atoms with Gasteiger partial charge in [0.1, 0.15) is 30.9 Å². The van der Waals surface area contributed by atoms with Crippen LogP contribution in [0.25, 0.3) is 0 Å². The smallest absolute Gasteiger partial charge is 0.410 e. The van der Waals surface area contributed by atoms with Gasteiger partial charge in [-0.05, 0) is 64.9 Å². The number of hydrogen-bond donors (Lipinski definition) is 1. The molecule has 3 atom stereocenters. The van der Waals surface area contributed by atoms with Crippen molar-refractivity contribution in [2.45, 2.75) is 96.0 Å². The fourth-order valence-electron chi connectivity index (χ4n) is 5.35. The van der Waals surface area contributed by atoms with Crippen LogP contribution in [0.1, 0.15) is 33.6 Å². The molecule has 4 aliphatic rings. The van der Waals surface area contributed by atoms with Crippen LogP contribution in [0.3, 0.4) is 0 Å². The van der Waals surface area contributed by atoms with E-state index in [2.05, 4.69) is 24.6 Å². The zero-order chi connectivity index (χ0) is 29.8. The Morgan fingerprint density at radius 1 is 1.07 bits per heavy atom. The molecule has 40 heavy (non-hydrogen) atoms. The fraction of sp³-hybridized carbons (Fsp3) is 0.704. The Morgan fingerprint density at radius 2 is 1.75 bits per heavy atom. The molecule has 1 N–H and O–H groups in total. The van der Waals surface area contributed by atoms with Gasteiger partial charge in [-0.1, -0.05) is 19.6 Å². The van der Waals surface area contributed by atoms with Crippen molar-refractivity contribution in [3.8, 4) is 0 Å². The second-order valence-electron chi connectivity index (χ2n) is 13.9. The summed E-state index contributed by atoms with van der Waals surface area (Å²) in [7, 11) is -3.96. The van der Waals surface area contributed by atoms with Crippen molar-refractivity contribution >= 4 is 52.2 Å². The second kappa shape index (κ2) is 11.0. The number of nitrogens with zero attached hydrogens (tertiary/aromatic N) is 3. The Hall–Kier alpha value is -2.10. The monoisotopic (exact) mass is 608 g/mol. The molecule has 0 unspecified atom stereocenters. The van der Waals surface area contributed by atoms with Crippen molar-refractivity contribution in [3.63, 3.8) is 0 Å². The van der Waals surface area contributed by atoms with Gasteiger partial charge in [0.05, 0.1) is 6.04 Å². The van der Waals surface area contributed by atoms with Crippen LogP contribution >= 0.6 is 11.8 Å². The van der Waals surface area contributed by atoms with Gasteiger partial charge < -0.3 is 23.9 Å². The molecule has 0 aromatic heterocycles. The lowest BCUT2D eigenvalue weighted by Gasteiger charge is -2.51. The number of amides is 3. The van der Waals surface area contributed by atoms with E-state index in [0.29, 0.717) is 49.4 Å². The molecule has 222 valence electrons. The molecule has 13 heteroatoms. The number of rotatable bonds is 6. The molecular formula is C27H44N4O6SSi2.